The SMILES string of the molecule is O=S(=O)(NCCOCC(F)(F)F)c1ccccc1F. The smallest absolute Gasteiger partial charge is 0.371 e. The van der Waals surface area contributed by atoms with E-state index in [4.69, 9.17) is 0 Å². The second-order valence-corrected chi connectivity index (χ2v) is 5.23. The van der Waals surface area contributed by atoms with Gasteiger partial charge in [-0.2, -0.15) is 13.2 Å². The first-order valence-electron chi connectivity index (χ1n) is 5.11. The maximum atomic E-state index is 13.2. The Bertz CT molecular complexity index is 516. The number of ether oxygens (including phenoxy) is 1. The molecule has 1 aromatic rings. The monoisotopic (exact) mass is 301 g/mol. The van der Waals surface area contributed by atoms with Crippen LogP contribution in [-0.4, -0.2) is 34.4 Å². The van der Waals surface area contributed by atoms with E-state index in [9.17, 15) is 26.0 Å². The summed E-state index contributed by atoms with van der Waals surface area (Å²) in [6, 6.07) is 4.67. The van der Waals surface area contributed by atoms with E-state index in [2.05, 4.69) is 4.74 Å². The molecule has 0 saturated carbocycles. The Kier molecular flexibility index (Phi) is 5.27. The van der Waals surface area contributed by atoms with Gasteiger partial charge in [-0.05, 0) is 12.1 Å². The third-order valence-electron chi connectivity index (χ3n) is 1.93. The van der Waals surface area contributed by atoms with Gasteiger partial charge in [0.1, 0.15) is 17.3 Å². The molecule has 0 aliphatic heterocycles. The second kappa shape index (κ2) is 6.31. The van der Waals surface area contributed by atoms with Gasteiger partial charge in [-0.3, -0.25) is 0 Å². The summed E-state index contributed by atoms with van der Waals surface area (Å²) in [7, 11) is -4.09. The van der Waals surface area contributed by atoms with Gasteiger partial charge in [-0.25, -0.2) is 17.5 Å². The van der Waals surface area contributed by atoms with Crippen LogP contribution in [0.1, 0.15) is 0 Å². The molecule has 0 bridgehead atoms. The van der Waals surface area contributed by atoms with Gasteiger partial charge in [0.15, 0.2) is 0 Å². The van der Waals surface area contributed by atoms with Crippen molar-refractivity contribution in [2.24, 2.45) is 0 Å². The summed E-state index contributed by atoms with van der Waals surface area (Å²) >= 11 is 0. The third-order valence-corrected chi connectivity index (χ3v) is 3.42. The minimum absolute atomic E-state index is 0.382. The highest BCUT2D eigenvalue weighted by atomic mass is 32.2. The van der Waals surface area contributed by atoms with Crippen LogP contribution in [-0.2, 0) is 14.8 Å². The number of hydrogen-bond acceptors (Lipinski definition) is 3. The number of halogens is 4. The Morgan fingerprint density at radius 1 is 1.21 bits per heavy atom. The minimum Gasteiger partial charge on any atom is -0.371 e. The van der Waals surface area contributed by atoms with Crippen molar-refractivity contribution in [1.29, 1.82) is 0 Å². The first kappa shape index (κ1) is 15.9. The van der Waals surface area contributed by atoms with Crippen LogP contribution in [0.4, 0.5) is 17.6 Å². The lowest BCUT2D eigenvalue weighted by Crippen LogP contribution is -2.29. The Balaban J connectivity index is 2.47. The van der Waals surface area contributed by atoms with Crippen LogP contribution in [0.15, 0.2) is 29.2 Å². The largest absolute Gasteiger partial charge is 0.411 e. The molecule has 1 rings (SSSR count). The molecule has 0 unspecified atom stereocenters. The quantitative estimate of drug-likeness (QED) is 0.642. The van der Waals surface area contributed by atoms with Crippen LogP contribution in [0.25, 0.3) is 0 Å². The predicted octanol–water partition coefficient (Wildman–Crippen LogP) is 1.68. The summed E-state index contributed by atoms with van der Waals surface area (Å²) < 4.78 is 77.7. The van der Waals surface area contributed by atoms with E-state index in [1.165, 1.54) is 12.1 Å². The van der Waals surface area contributed by atoms with Crippen molar-refractivity contribution in [2.75, 3.05) is 19.8 Å². The zero-order valence-electron chi connectivity index (χ0n) is 9.58. The molecule has 19 heavy (non-hydrogen) atoms. The lowest BCUT2D eigenvalue weighted by molar-refractivity contribution is -0.173. The second-order valence-electron chi connectivity index (χ2n) is 3.50. The lowest BCUT2D eigenvalue weighted by atomic mass is 10.4. The van der Waals surface area contributed by atoms with Gasteiger partial charge in [-0.1, -0.05) is 12.1 Å². The van der Waals surface area contributed by atoms with E-state index in [1.54, 1.807) is 0 Å². The molecule has 0 spiro atoms. The van der Waals surface area contributed by atoms with E-state index in [0.29, 0.717) is 0 Å². The number of benzene rings is 1. The Morgan fingerprint density at radius 3 is 2.42 bits per heavy atom. The summed E-state index contributed by atoms with van der Waals surface area (Å²) in [5.74, 6) is -0.939. The zero-order valence-corrected chi connectivity index (χ0v) is 10.4. The van der Waals surface area contributed by atoms with E-state index in [-0.39, 0.29) is 6.54 Å². The first-order valence-corrected chi connectivity index (χ1v) is 6.59. The molecule has 0 saturated heterocycles. The van der Waals surface area contributed by atoms with Crippen LogP contribution in [0.5, 0.6) is 0 Å². The van der Waals surface area contributed by atoms with Crippen LogP contribution in [0, 0.1) is 5.82 Å². The van der Waals surface area contributed by atoms with Gasteiger partial charge in [0, 0.05) is 6.54 Å². The molecular formula is C10H11F4NO3S. The molecule has 0 fully saturated rings. The van der Waals surface area contributed by atoms with Gasteiger partial charge in [-0.15, -0.1) is 0 Å². The van der Waals surface area contributed by atoms with E-state index < -0.39 is 40.1 Å². The number of rotatable bonds is 6. The summed E-state index contributed by atoms with van der Waals surface area (Å²) in [5.41, 5.74) is 0. The van der Waals surface area contributed by atoms with Crippen LogP contribution < -0.4 is 4.72 Å². The Morgan fingerprint density at radius 2 is 1.84 bits per heavy atom. The molecule has 4 nitrogen and oxygen atoms in total. The Labute approximate surface area is 107 Å². The molecule has 1 N–H and O–H groups in total. The van der Waals surface area contributed by atoms with Gasteiger partial charge in [0.2, 0.25) is 10.0 Å². The lowest BCUT2D eigenvalue weighted by Gasteiger charge is -2.09. The summed E-state index contributed by atoms with van der Waals surface area (Å²) in [4.78, 5) is -0.564. The van der Waals surface area contributed by atoms with Crippen molar-refractivity contribution in [2.45, 2.75) is 11.1 Å². The molecule has 0 aliphatic carbocycles. The molecular weight excluding hydrogens is 290 g/mol. The normalized spacial score (nSPS) is 12.6. The van der Waals surface area contributed by atoms with Crippen LogP contribution >= 0.6 is 0 Å². The average Bonchev–Trinajstić information content (AvgIpc) is 2.27. The standard InChI is InChI=1S/C10H11F4NO3S/c11-8-3-1-2-4-9(8)19(16,17)15-5-6-18-7-10(12,13)14/h1-4,15H,5-7H2. The number of hydrogen-bond donors (Lipinski definition) is 1. The van der Waals surface area contributed by atoms with Crippen molar-refractivity contribution in [3.63, 3.8) is 0 Å². The highest BCUT2D eigenvalue weighted by molar-refractivity contribution is 7.89. The van der Waals surface area contributed by atoms with Crippen molar-refractivity contribution in [3.05, 3.63) is 30.1 Å². The fourth-order valence-electron chi connectivity index (χ4n) is 1.18. The van der Waals surface area contributed by atoms with E-state index >= 15 is 0 Å². The Hall–Kier alpha value is -1.19. The molecule has 0 heterocycles. The molecule has 0 amide bonds. The van der Waals surface area contributed by atoms with Crippen LogP contribution in [0.2, 0.25) is 0 Å². The fraction of sp³-hybridized carbons (Fsp3) is 0.400. The van der Waals surface area contributed by atoms with Gasteiger partial charge < -0.3 is 4.74 Å². The van der Waals surface area contributed by atoms with Crippen molar-refractivity contribution in [3.8, 4) is 0 Å². The molecule has 0 atom stereocenters. The zero-order chi connectivity index (χ0) is 14.5. The van der Waals surface area contributed by atoms with Gasteiger partial charge in [0.25, 0.3) is 0 Å². The van der Waals surface area contributed by atoms with Crippen molar-refractivity contribution in [1.82, 2.24) is 4.72 Å². The molecule has 108 valence electrons. The molecule has 0 radical (unpaired) electrons. The highest BCUT2D eigenvalue weighted by Crippen LogP contribution is 2.14. The number of alkyl halides is 3. The first-order chi connectivity index (χ1) is 8.72. The summed E-state index contributed by atoms with van der Waals surface area (Å²) in [6.07, 6.45) is -4.47. The third kappa shape index (κ3) is 5.53. The summed E-state index contributed by atoms with van der Waals surface area (Å²) in [6.45, 7) is -2.31. The topological polar surface area (TPSA) is 55.4 Å². The number of sulfonamides is 1. The van der Waals surface area contributed by atoms with Gasteiger partial charge >= 0.3 is 6.18 Å². The number of nitrogens with one attached hydrogen (secondary N) is 1. The molecule has 9 heteroatoms. The maximum Gasteiger partial charge on any atom is 0.411 e. The maximum absolute atomic E-state index is 13.2. The molecule has 1 aromatic carbocycles. The van der Waals surface area contributed by atoms with E-state index in [1.807, 2.05) is 4.72 Å². The van der Waals surface area contributed by atoms with Crippen LogP contribution in [0.3, 0.4) is 0 Å². The summed E-state index contributed by atoms with van der Waals surface area (Å²) in [5, 5.41) is 0. The fourth-order valence-corrected chi connectivity index (χ4v) is 2.27. The predicted molar refractivity (Wildman–Crippen MR) is 58.5 cm³/mol. The highest BCUT2D eigenvalue weighted by Gasteiger charge is 2.27. The van der Waals surface area contributed by atoms with Crippen molar-refractivity contribution >= 4 is 10.0 Å². The molecule has 0 aromatic heterocycles. The average molecular weight is 301 g/mol. The molecule has 0 aliphatic rings. The van der Waals surface area contributed by atoms with E-state index in [0.717, 1.165) is 12.1 Å². The minimum atomic E-state index is -4.47. The van der Waals surface area contributed by atoms with Gasteiger partial charge in [0.05, 0.1) is 6.61 Å². The van der Waals surface area contributed by atoms with Crippen molar-refractivity contribution < 1.29 is 30.7 Å².